The monoisotopic (exact) mass is 266 g/mol. The van der Waals surface area contributed by atoms with Gasteiger partial charge in [-0.3, -0.25) is 0 Å². The maximum absolute atomic E-state index is 8.65. The third-order valence-electron chi connectivity index (χ3n) is 0.698. The predicted molar refractivity (Wildman–Crippen MR) is 41.5 cm³/mol. The van der Waals surface area contributed by atoms with Crippen LogP contribution in [0.1, 0.15) is 6.92 Å². The van der Waals surface area contributed by atoms with Gasteiger partial charge in [-0.05, 0) is 6.92 Å². The van der Waals surface area contributed by atoms with Crippen LogP contribution < -0.4 is 0 Å². The lowest BCUT2D eigenvalue weighted by molar-refractivity contribution is -0.326. The number of rotatable bonds is 3. The Labute approximate surface area is 69.0 Å². The van der Waals surface area contributed by atoms with Crippen LogP contribution in [-0.2, 0) is 4.18 Å². The Morgan fingerprint density at radius 1 is 1.67 bits per heavy atom. The molecule has 0 aliphatic heterocycles. The van der Waals surface area contributed by atoms with E-state index in [1.165, 1.54) is 6.92 Å². The second-order valence-electron chi connectivity index (χ2n) is 1.48. The third-order valence-corrected chi connectivity index (χ3v) is 1.55. The lowest BCUT2D eigenvalue weighted by Gasteiger charge is -2.21. The van der Waals surface area contributed by atoms with Gasteiger partial charge < -0.3 is 15.3 Å². The van der Waals surface area contributed by atoms with Gasteiger partial charge in [0.25, 0.3) is 0 Å². The normalized spacial score (nSPS) is 15.7. The fraction of sp³-hybridized carbons (Fsp3) is 1.00. The highest BCUT2D eigenvalue weighted by atomic mass is 127. The summed E-state index contributed by atoms with van der Waals surface area (Å²) in [4.78, 5) is 0. The summed E-state index contributed by atoms with van der Waals surface area (Å²) in [7, 11) is 0.747. The summed E-state index contributed by atoms with van der Waals surface area (Å²) in [6.07, 6.45) is -1.32. The molecular weight excluding hydrogens is 259 g/mol. The van der Waals surface area contributed by atoms with Crippen LogP contribution in [0.2, 0.25) is 0 Å². The molecule has 0 aliphatic carbocycles. The van der Waals surface area contributed by atoms with Crippen molar-refractivity contribution < 1.29 is 19.5 Å². The molecule has 0 aromatic rings. The Kier molecular flexibility index (Phi) is 4.34. The van der Waals surface area contributed by atoms with Gasteiger partial charge in [0.2, 0.25) is 0 Å². The van der Waals surface area contributed by atoms with Crippen LogP contribution in [-0.4, -0.2) is 27.4 Å². The SMILES string of the molecule is CC(O)C(O)(O)OSI. The molecule has 3 N–H and O–H groups in total. The van der Waals surface area contributed by atoms with Crippen LogP contribution in [0.4, 0.5) is 0 Å². The van der Waals surface area contributed by atoms with Gasteiger partial charge in [0, 0.05) is 21.2 Å². The molecule has 1 unspecified atom stereocenters. The summed E-state index contributed by atoms with van der Waals surface area (Å²) in [6.45, 7) is 1.22. The van der Waals surface area contributed by atoms with Crippen molar-refractivity contribution in [1.82, 2.24) is 0 Å². The Hall–Kier alpha value is 0.920. The van der Waals surface area contributed by atoms with Gasteiger partial charge in [0.15, 0.2) is 0 Å². The van der Waals surface area contributed by atoms with Gasteiger partial charge in [0.1, 0.15) is 6.10 Å². The van der Waals surface area contributed by atoms with E-state index in [0.29, 0.717) is 0 Å². The quantitative estimate of drug-likeness (QED) is 0.381. The van der Waals surface area contributed by atoms with Crippen molar-refractivity contribution in [2.45, 2.75) is 19.0 Å². The van der Waals surface area contributed by atoms with Crippen LogP contribution in [0.5, 0.6) is 0 Å². The molecule has 0 saturated carbocycles. The highest BCUT2D eigenvalue weighted by Crippen LogP contribution is 2.21. The Balaban J connectivity index is 3.70. The molecule has 1 atom stereocenters. The van der Waals surface area contributed by atoms with Crippen molar-refractivity contribution >= 4 is 30.4 Å². The van der Waals surface area contributed by atoms with Crippen molar-refractivity contribution in [3.8, 4) is 0 Å². The highest BCUT2D eigenvalue weighted by molar-refractivity contribution is 14.2. The van der Waals surface area contributed by atoms with Gasteiger partial charge in [-0.2, -0.15) is 0 Å². The van der Waals surface area contributed by atoms with E-state index in [2.05, 4.69) is 4.18 Å². The first kappa shape index (κ1) is 9.92. The van der Waals surface area contributed by atoms with Crippen molar-refractivity contribution in [2.75, 3.05) is 0 Å². The Bertz CT molecular complexity index is 85.9. The second-order valence-corrected chi connectivity index (χ2v) is 2.85. The van der Waals surface area contributed by atoms with Gasteiger partial charge in [0.05, 0.1) is 9.21 Å². The zero-order valence-electron chi connectivity index (χ0n) is 4.61. The molecule has 4 nitrogen and oxygen atoms in total. The van der Waals surface area contributed by atoms with E-state index in [4.69, 9.17) is 15.3 Å². The van der Waals surface area contributed by atoms with Gasteiger partial charge in [-0.15, -0.1) is 0 Å². The fourth-order valence-electron chi connectivity index (χ4n) is 0.116. The van der Waals surface area contributed by atoms with Crippen molar-refractivity contribution in [3.05, 3.63) is 0 Å². The zero-order chi connectivity index (χ0) is 7.49. The largest absolute Gasteiger partial charge is 0.385 e. The molecule has 0 rings (SSSR count). The standard InChI is InChI=1S/C3H7IO4S/c1-2(5)3(6,7)8-9-4/h2,5-7H,1H3. The molecule has 0 aromatic carbocycles. The second kappa shape index (κ2) is 3.94. The molecule has 6 heteroatoms. The Morgan fingerprint density at radius 2 is 2.11 bits per heavy atom. The molecule has 0 aliphatic rings. The molecule has 0 aromatic heterocycles. The first-order valence-electron chi connectivity index (χ1n) is 2.10. The third kappa shape index (κ3) is 3.58. The summed E-state index contributed by atoms with van der Waals surface area (Å²) in [5.74, 6) is -2.44. The molecule has 0 fully saturated rings. The minimum atomic E-state index is -2.44. The van der Waals surface area contributed by atoms with Crippen molar-refractivity contribution in [3.63, 3.8) is 0 Å². The molecule has 0 amide bonds. The van der Waals surface area contributed by atoms with E-state index in [1.54, 1.807) is 21.2 Å². The summed E-state index contributed by atoms with van der Waals surface area (Å²) in [5.41, 5.74) is 0. The summed E-state index contributed by atoms with van der Waals surface area (Å²) >= 11 is 1.71. The zero-order valence-corrected chi connectivity index (χ0v) is 7.59. The minimum Gasteiger partial charge on any atom is -0.385 e. The smallest absolute Gasteiger partial charge is 0.316 e. The van der Waals surface area contributed by atoms with Crippen LogP contribution in [0.25, 0.3) is 0 Å². The van der Waals surface area contributed by atoms with E-state index in [9.17, 15) is 0 Å². The number of hydrogen-bond acceptors (Lipinski definition) is 5. The summed E-state index contributed by atoms with van der Waals surface area (Å²) < 4.78 is 4.26. The average Bonchev–Trinajstić information content (AvgIpc) is 1.65. The lowest BCUT2D eigenvalue weighted by Crippen LogP contribution is -2.40. The molecule has 0 radical (unpaired) electrons. The van der Waals surface area contributed by atoms with Gasteiger partial charge in [-0.25, -0.2) is 4.18 Å². The van der Waals surface area contributed by atoms with Crippen molar-refractivity contribution in [1.29, 1.82) is 0 Å². The highest BCUT2D eigenvalue weighted by Gasteiger charge is 2.31. The molecule has 0 spiro atoms. The summed E-state index contributed by atoms with van der Waals surface area (Å²) in [6, 6.07) is 0. The minimum absolute atomic E-state index is 0.747. The van der Waals surface area contributed by atoms with Gasteiger partial charge in [-0.1, -0.05) is 0 Å². The number of aliphatic hydroxyl groups excluding tert-OH is 1. The molecular formula is C3H7IO4S. The number of aliphatic hydroxyl groups is 3. The molecule has 0 bridgehead atoms. The van der Waals surface area contributed by atoms with E-state index in [-0.39, 0.29) is 0 Å². The maximum atomic E-state index is 8.65. The van der Waals surface area contributed by atoms with Crippen LogP contribution in [0.15, 0.2) is 0 Å². The molecule has 0 heterocycles. The topological polar surface area (TPSA) is 69.9 Å². The molecule has 9 heavy (non-hydrogen) atoms. The predicted octanol–water partition coefficient (Wildman–Crippen LogP) is 0.0204. The van der Waals surface area contributed by atoms with E-state index < -0.39 is 12.1 Å². The number of hydrogen-bond donors (Lipinski definition) is 3. The molecule has 0 saturated heterocycles. The average molecular weight is 266 g/mol. The maximum Gasteiger partial charge on any atom is 0.316 e. The number of halogens is 1. The van der Waals surface area contributed by atoms with E-state index in [0.717, 1.165) is 9.21 Å². The van der Waals surface area contributed by atoms with Crippen LogP contribution >= 0.6 is 30.4 Å². The lowest BCUT2D eigenvalue weighted by atomic mass is 10.3. The van der Waals surface area contributed by atoms with Crippen LogP contribution in [0.3, 0.4) is 0 Å². The van der Waals surface area contributed by atoms with E-state index in [1.807, 2.05) is 0 Å². The van der Waals surface area contributed by atoms with Gasteiger partial charge >= 0.3 is 5.97 Å². The molecule has 56 valence electrons. The summed E-state index contributed by atoms with van der Waals surface area (Å²) in [5, 5.41) is 25.9. The van der Waals surface area contributed by atoms with Crippen LogP contribution in [0, 0.1) is 0 Å². The van der Waals surface area contributed by atoms with E-state index >= 15 is 0 Å². The first-order chi connectivity index (χ1) is 4.00. The van der Waals surface area contributed by atoms with Crippen molar-refractivity contribution in [2.24, 2.45) is 0 Å². The first-order valence-corrected chi connectivity index (χ1v) is 5.38. The fourth-order valence-corrected chi connectivity index (χ4v) is 1.14. The Morgan fingerprint density at radius 3 is 2.22 bits per heavy atom.